The van der Waals surface area contributed by atoms with Gasteiger partial charge in [0.2, 0.25) is 0 Å². The fraction of sp³-hybridized carbons (Fsp3) is 0.364. The lowest BCUT2D eigenvalue weighted by Gasteiger charge is -2.35. The van der Waals surface area contributed by atoms with Crippen molar-refractivity contribution in [1.82, 2.24) is 19.4 Å². The summed E-state index contributed by atoms with van der Waals surface area (Å²) in [6, 6.07) is 17.6. The molecule has 3 aromatic rings. The zero-order chi connectivity index (χ0) is 18.2. The molecule has 2 aliphatic rings. The van der Waals surface area contributed by atoms with Crippen molar-refractivity contribution in [2.24, 2.45) is 0 Å². The van der Waals surface area contributed by atoms with Crippen molar-refractivity contribution < 1.29 is 4.74 Å². The van der Waals surface area contributed by atoms with Gasteiger partial charge in [0.05, 0.1) is 12.7 Å². The normalized spacial score (nSPS) is 25.4. The summed E-state index contributed by atoms with van der Waals surface area (Å²) in [7, 11) is 0. The van der Waals surface area contributed by atoms with Gasteiger partial charge in [0.25, 0.3) is 0 Å². The van der Waals surface area contributed by atoms with E-state index in [0.29, 0.717) is 12.1 Å². The van der Waals surface area contributed by atoms with Gasteiger partial charge >= 0.3 is 0 Å². The van der Waals surface area contributed by atoms with Gasteiger partial charge in [0.15, 0.2) is 5.82 Å². The number of aromatic nitrogens is 3. The molecule has 0 saturated carbocycles. The molecule has 2 saturated heterocycles. The molecule has 0 radical (unpaired) electrons. The predicted molar refractivity (Wildman–Crippen MR) is 104 cm³/mol. The minimum atomic E-state index is 0.168. The molecule has 2 aliphatic heterocycles. The van der Waals surface area contributed by atoms with Crippen LogP contribution in [0.4, 0.5) is 0 Å². The maximum absolute atomic E-state index is 6.20. The molecule has 0 bridgehead atoms. The van der Waals surface area contributed by atoms with E-state index in [9.17, 15) is 0 Å². The average molecular weight is 360 g/mol. The molecular formula is C22H24N4O. The molecule has 4 heterocycles. The van der Waals surface area contributed by atoms with Gasteiger partial charge in [-0.1, -0.05) is 36.4 Å². The van der Waals surface area contributed by atoms with E-state index in [1.807, 2.05) is 31.3 Å². The van der Waals surface area contributed by atoms with Gasteiger partial charge in [-0.3, -0.25) is 4.90 Å². The van der Waals surface area contributed by atoms with Gasteiger partial charge < -0.3 is 9.30 Å². The fourth-order valence-corrected chi connectivity index (χ4v) is 4.39. The molecule has 5 nitrogen and oxygen atoms in total. The van der Waals surface area contributed by atoms with E-state index in [1.54, 1.807) is 0 Å². The molecule has 0 N–H and O–H groups in total. The number of hydrogen-bond acceptors (Lipinski definition) is 4. The second-order valence-corrected chi connectivity index (χ2v) is 7.55. The molecule has 1 aromatic carbocycles. The van der Waals surface area contributed by atoms with Crippen molar-refractivity contribution in [2.75, 3.05) is 19.7 Å². The van der Waals surface area contributed by atoms with Crippen LogP contribution in [-0.2, 0) is 4.74 Å². The van der Waals surface area contributed by atoms with E-state index in [1.165, 1.54) is 5.56 Å². The molecule has 2 aromatic heterocycles. The van der Waals surface area contributed by atoms with E-state index in [0.717, 1.165) is 43.3 Å². The van der Waals surface area contributed by atoms with E-state index >= 15 is 0 Å². The smallest absolute Gasteiger partial charge is 0.158 e. The molecule has 138 valence electrons. The fourth-order valence-electron chi connectivity index (χ4n) is 4.39. The Balaban J connectivity index is 1.36. The lowest BCUT2D eigenvalue weighted by molar-refractivity contribution is -0.0502. The summed E-state index contributed by atoms with van der Waals surface area (Å²) in [6.07, 6.45) is 5.25. The zero-order valence-corrected chi connectivity index (χ0v) is 15.5. The third-order valence-corrected chi connectivity index (χ3v) is 5.75. The molecule has 27 heavy (non-hydrogen) atoms. The first-order valence-electron chi connectivity index (χ1n) is 9.65. The monoisotopic (exact) mass is 360 g/mol. The number of pyridine rings is 1. The molecule has 5 rings (SSSR count). The van der Waals surface area contributed by atoms with Gasteiger partial charge in [0.1, 0.15) is 5.69 Å². The summed E-state index contributed by atoms with van der Waals surface area (Å²) < 4.78 is 8.50. The Kier molecular flexibility index (Phi) is 4.26. The Morgan fingerprint density at radius 1 is 1.00 bits per heavy atom. The molecule has 0 amide bonds. The van der Waals surface area contributed by atoms with Gasteiger partial charge in [-0.25, -0.2) is 9.97 Å². The summed E-state index contributed by atoms with van der Waals surface area (Å²) >= 11 is 0. The van der Waals surface area contributed by atoms with Crippen LogP contribution < -0.4 is 0 Å². The number of ether oxygens (including phenoxy) is 1. The van der Waals surface area contributed by atoms with Gasteiger partial charge in [0, 0.05) is 43.3 Å². The second kappa shape index (κ2) is 6.91. The van der Waals surface area contributed by atoms with E-state index in [4.69, 9.17) is 4.74 Å². The van der Waals surface area contributed by atoms with E-state index in [2.05, 4.69) is 56.0 Å². The highest BCUT2D eigenvalue weighted by Crippen LogP contribution is 2.36. The molecular weight excluding hydrogens is 336 g/mol. The third-order valence-electron chi connectivity index (χ3n) is 5.75. The summed E-state index contributed by atoms with van der Waals surface area (Å²) in [5.41, 5.74) is 3.24. The van der Waals surface area contributed by atoms with Crippen LogP contribution in [0.15, 0.2) is 60.9 Å². The first kappa shape index (κ1) is 16.7. The number of imidazole rings is 1. The number of benzene rings is 1. The average Bonchev–Trinajstić information content (AvgIpc) is 3.35. The number of aryl methyl sites for hydroxylation is 1. The number of hydrogen-bond donors (Lipinski definition) is 0. The minimum Gasteiger partial charge on any atom is -0.371 e. The number of nitrogens with zero attached hydrogens (tertiary/aromatic N) is 4. The summed E-state index contributed by atoms with van der Waals surface area (Å²) in [4.78, 5) is 11.9. The quantitative estimate of drug-likeness (QED) is 0.715. The van der Waals surface area contributed by atoms with Crippen LogP contribution in [0.25, 0.3) is 11.5 Å². The maximum Gasteiger partial charge on any atom is 0.158 e. The van der Waals surface area contributed by atoms with Crippen molar-refractivity contribution in [2.45, 2.75) is 31.5 Å². The van der Waals surface area contributed by atoms with Crippen LogP contribution in [0, 0.1) is 6.92 Å². The van der Waals surface area contributed by atoms with Crippen LogP contribution >= 0.6 is 0 Å². The van der Waals surface area contributed by atoms with E-state index < -0.39 is 0 Å². The Hall–Kier alpha value is -2.50. The molecule has 0 aliphatic carbocycles. The zero-order valence-electron chi connectivity index (χ0n) is 15.5. The van der Waals surface area contributed by atoms with Crippen LogP contribution in [0.5, 0.6) is 0 Å². The first-order valence-corrected chi connectivity index (χ1v) is 9.65. The molecule has 0 unspecified atom stereocenters. The van der Waals surface area contributed by atoms with Gasteiger partial charge in [-0.05, 0) is 31.0 Å². The molecule has 3 atom stereocenters. The van der Waals surface area contributed by atoms with Crippen molar-refractivity contribution in [3.05, 3.63) is 72.2 Å². The largest absolute Gasteiger partial charge is 0.371 e. The van der Waals surface area contributed by atoms with Crippen molar-refractivity contribution in [3.8, 4) is 11.5 Å². The highest BCUT2D eigenvalue weighted by molar-refractivity contribution is 5.50. The summed E-state index contributed by atoms with van der Waals surface area (Å²) in [6.45, 7) is 4.81. The summed E-state index contributed by atoms with van der Waals surface area (Å²) in [5, 5.41) is 0. The Bertz CT molecular complexity index is 923. The summed E-state index contributed by atoms with van der Waals surface area (Å²) in [5.74, 6) is 0.962. The van der Waals surface area contributed by atoms with Gasteiger partial charge in [-0.15, -0.1) is 0 Å². The third kappa shape index (κ3) is 3.17. The number of rotatable bonds is 3. The second-order valence-electron chi connectivity index (χ2n) is 7.55. The Morgan fingerprint density at radius 2 is 1.89 bits per heavy atom. The highest BCUT2D eigenvalue weighted by atomic mass is 16.5. The lowest BCUT2D eigenvalue weighted by Crippen LogP contribution is -2.42. The Morgan fingerprint density at radius 3 is 2.74 bits per heavy atom. The number of morpholine rings is 1. The SMILES string of the molecule is Cc1cccc(-c2nccn2[C@H]2C[C@H]3CO[C@@H](c4ccccc4)CN3C2)n1. The highest BCUT2D eigenvalue weighted by Gasteiger charge is 2.39. The maximum atomic E-state index is 6.20. The molecule has 0 spiro atoms. The van der Waals surface area contributed by atoms with Crippen LogP contribution in [0.2, 0.25) is 0 Å². The molecule has 5 heteroatoms. The minimum absolute atomic E-state index is 0.168. The van der Waals surface area contributed by atoms with Crippen molar-refractivity contribution in [3.63, 3.8) is 0 Å². The van der Waals surface area contributed by atoms with Gasteiger partial charge in [-0.2, -0.15) is 0 Å². The van der Waals surface area contributed by atoms with Crippen molar-refractivity contribution >= 4 is 0 Å². The first-order chi connectivity index (χ1) is 13.3. The Labute approximate surface area is 159 Å². The van der Waals surface area contributed by atoms with E-state index in [-0.39, 0.29) is 6.10 Å². The van der Waals surface area contributed by atoms with Crippen LogP contribution in [-0.4, -0.2) is 45.2 Å². The topological polar surface area (TPSA) is 43.2 Å². The van der Waals surface area contributed by atoms with Crippen LogP contribution in [0.1, 0.15) is 29.8 Å². The van der Waals surface area contributed by atoms with Crippen LogP contribution in [0.3, 0.4) is 0 Å². The number of fused-ring (bicyclic) bond motifs is 1. The molecule has 2 fully saturated rings. The lowest BCUT2D eigenvalue weighted by atomic mass is 10.1. The predicted octanol–water partition coefficient (Wildman–Crippen LogP) is 3.64. The van der Waals surface area contributed by atoms with Crippen molar-refractivity contribution in [1.29, 1.82) is 0 Å². The standard InChI is InChI=1S/C22H24N4O/c1-16-6-5-9-20(24-16)22-23-10-11-26(22)18-12-19-15-27-21(14-25(19)13-18)17-7-3-2-4-8-17/h2-11,18-19,21H,12-15H2,1H3/t18-,19-,21+/m0/s1.